The Hall–Kier alpha value is -3.89. The van der Waals surface area contributed by atoms with E-state index < -0.39 is 46.5 Å². The minimum Gasteiger partial charge on any atom is -0.503 e. The normalized spacial score (nSPS) is 17.6. The highest BCUT2D eigenvalue weighted by Crippen LogP contribution is 2.41. The van der Waals surface area contributed by atoms with E-state index >= 15 is 0 Å². The van der Waals surface area contributed by atoms with Crippen LogP contribution in [0.2, 0.25) is 0 Å². The molecule has 0 bridgehead atoms. The molecule has 3 aromatic rings. The van der Waals surface area contributed by atoms with E-state index in [1.807, 2.05) is 0 Å². The van der Waals surface area contributed by atoms with E-state index in [1.54, 1.807) is 12.1 Å². The zero-order chi connectivity index (χ0) is 23.8. The smallest absolute Gasteiger partial charge is 0.503 e. The topological polar surface area (TPSA) is 80.7 Å². The Morgan fingerprint density at radius 2 is 1.79 bits per heavy atom. The lowest BCUT2D eigenvalue weighted by Crippen LogP contribution is -2.50. The van der Waals surface area contributed by atoms with Gasteiger partial charge in [-0.15, -0.1) is 13.2 Å². The maximum absolute atomic E-state index is 13.8. The minimum atomic E-state index is -4.88. The number of pyridine rings is 1. The maximum atomic E-state index is 13.8. The molecule has 0 aliphatic carbocycles. The summed E-state index contributed by atoms with van der Waals surface area (Å²) in [5.74, 6) is -4.92. The van der Waals surface area contributed by atoms with Gasteiger partial charge in [-0.3, -0.25) is 9.78 Å². The lowest BCUT2D eigenvalue weighted by Gasteiger charge is -2.39. The third kappa shape index (κ3) is 4.38. The molecule has 2 aromatic carbocycles. The molecule has 1 aromatic heterocycles. The van der Waals surface area contributed by atoms with Crippen molar-refractivity contribution >= 4 is 5.91 Å². The van der Waals surface area contributed by atoms with E-state index in [2.05, 4.69) is 15.0 Å². The van der Waals surface area contributed by atoms with Gasteiger partial charge >= 0.3 is 6.36 Å². The molecule has 0 spiro atoms. The Bertz CT molecular complexity index is 1180. The number of ether oxygens (including phenoxy) is 2. The van der Waals surface area contributed by atoms with Crippen molar-refractivity contribution in [3.63, 3.8) is 0 Å². The summed E-state index contributed by atoms with van der Waals surface area (Å²) in [6.45, 7) is 0.109. The number of rotatable bonds is 4. The number of hydrogen-bond acceptors (Lipinski definition) is 5. The van der Waals surface area contributed by atoms with Crippen LogP contribution in [0.25, 0.3) is 0 Å². The molecule has 11 heteroatoms. The van der Waals surface area contributed by atoms with E-state index in [0.717, 1.165) is 12.1 Å². The molecule has 172 valence electrons. The molecule has 0 saturated heterocycles. The molecule has 1 atom stereocenters. The first kappa shape index (κ1) is 22.3. The molecular formula is C22H15F5N2O4. The highest BCUT2D eigenvalue weighted by molar-refractivity contribution is 5.95. The summed E-state index contributed by atoms with van der Waals surface area (Å²) in [6.07, 6.45) is -3.33. The fourth-order valence-corrected chi connectivity index (χ4v) is 3.64. The van der Waals surface area contributed by atoms with Gasteiger partial charge in [0.2, 0.25) is 0 Å². The third-order valence-corrected chi connectivity index (χ3v) is 5.10. The number of alkyl halides is 3. The third-order valence-electron chi connectivity index (χ3n) is 5.10. The van der Waals surface area contributed by atoms with Gasteiger partial charge in [0.25, 0.3) is 5.91 Å². The second-order valence-electron chi connectivity index (χ2n) is 7.17. The van der Waals surface area contributed by atoms with Crippen LogP contribution in [0.15, 0.2) is 54.7 Å². The monoisotopic (exact) mass is 466 g/mol. The fourth-order valence-electron chi connectivity index (χ4n) is 3.64. The molecule has 6 nitrogen and oxygen atoms in total. The first-order valence-corrected chi connectivity index (χ1v) is 9.54. The van der Waals surface area contributed by atoms with Gasteiger partial charge in [0.1, 0.15) is 22.7 Å². The SMILES string of the molecule is O=C(N[C@]1(c2ccc(OC(F)(F)F)cc2)CCOc2cccnc21)c1cc(F)c(O)c(F)c1. The minimum absolute atomic E-state index is 0.109. The van der Waals surface area contributed by atoms with Gasteiger partial charge < -0.3 is 19.9 Å². The van der Waals surface area contributed by atoms with Crippen molar-refractivity contribution in [1.82, 2.24) is 10.3 Å². The molecule has 0 radical (unpaired) electrons. The Balaban J connectivity index is 1.78. The van der Waals surface area contributed by atoms with Gasteiger partial charge in [0, 0.05) is 18.2 Å². The summed E-state index contributed by atoms with van der Waals surface area (Å²) in [5.41, 5.74) is -1.21. The average molecular weight is 466 g/mol. The fraction of sp³-hybridized carbons (Fsp3) is 0.182. The Kier molecular flexibility index (Phi) is 5.56. The molecule has 1 aliphatic heterocycles. The van der Waals surface area contributed by atoms with Crippen LogP contribution < -0.4 is 14.8 Å². The Morgan fingerprint density at radius 1 is 1.12 bits per heavy atom. The van der Waals surface area contributed by atoms with Crippen LogP contribution in [-0.2, 0) is 5.54 Å². The summed E-state index contributed by atoms with van der Waals surface area (Å²) in [5, 5.41) is 12.0. The number of phenols is 1. The molecule has 0 fully saturated rings. The molecular weight excluding hydrogens is 451 g/mol. The van der Waals surface area contributed by atoms with Gasteiger partial charge in [-0.2, -0.15) is 0 Å². The number of nitrogens with one attached hydrogen (secondary N) is 1. The number of fused-ring (bicyclic) bond motifs is 1. The number of halogens is 5. The van der Waals surface area contributed by atoms with E-state index in [4.69, 9.17) is 4.74 Å². The van der Waals surface area contributed by atoms with E-state index in [-0.39, 0.29) is 18.7 Å². The van der Waals surface area contributed by atoms with Crippen LogP contribution >= 0.6 is 0 Å². The number of aromatic nitrogens is 1. The van der Waals surface area contributed by atoms with Crippen molar-refractivity contribution in [2.75, 3.05) is 6.61 Å². The number of carbonyl (C=O) groups is 1. The van der Waals surface area contributed by atoms with Crippen molar-refractivity contribution in [2.45, 2.75) is 18.3 Å². The number of nitrogens with zero attached hydrogens (tertiary/aromatic N) is 1. The van der Waals surface area contributed by atoms with Crippen LogP contribution in [-0.4, -0.2) is 29.0 Å². The van der Waals surface area contributed by atoms with Crippen LogP contribution in [0.1, 0.15) is 28.0 Å². The van der Waals surface area contributed by atoms with E-state index in [1.165, 1.54) is 18.3 Å². The van der Waals surface area contributed by atoms with Crippen molar-refractivity contribution < 1.29 is 41.3 Å². The number of carbonyl (C=O) groups excluding carboxylic acids is 1. The standard InChI is InChI=1S/C22H15F5N2O4/c23-15-10-12(11-16(24)18(15)30)20(31)29-21(7-9-32-17-2-1-8-28-19(17)21)13-3-5-14(6-4-13)33-22(25,26)27/h1-6,8,10-11,30H,7,9H2,(H,29,31)/t21-/m0/s1. The Morgan fingerprint density at radius 3 is 2.42 bits per heavy atom. The van der Waals surface area contributed by atoms with Crippen LogP contribution in [0.3, 0.4) is 0 Å². The van der Waals surface area contributed by atoms with Crippen LogP contribution in [0, 0.1) is 11.6 Å². The first-order chi connectivity index (χ1) is 15.6. The van der Waals surface area contributed by atoms with Gasteiger partial charge in [0.05, 0.1) is 6.61 Å². The molecule has 1 aliphatic rings. The molecule has 4 rings (SSSR count). The lowest BCUT2D eigenvalue weighted by atomic mass is 9.81. The van der Waals surface area contributed by atoms with Gasteiger partial charge in [-0.1, -0.05) is 12.1 Å². The molecule has 0 saturated carbocycles. The average Bonchev–Trinajstić information content (AvgIpc) is 2.76. The van der Waals surface area contributed by atoms with Gasteiger partial charge in [0.15, 0.2) is 17.4 Å². The molecule has 1 amide bonds. The van der Waals surface area contributed by atoms with Crippen molar-refractivity contribution in [3.8, 4) is 17.2 Å². The maximum Gasteiger partial charge on any atom is 0.573 e. The highest BCUT2D eigenvalue weighted by Gasteiger charge is 2.43. The number of amides is 1. The summed E-state index contributed by atoms with van der Waals surface area (Å²) in [4.78, 5) is 17.3. The summed E-state index contributed by atoms with van der Waals surface area (Å²) >= 11 is 0. The molecule has 2 heterocycles. The van der Waals surface area contributed by atoms with Gasteiger partial charge in [-0.25, -0.2) is 8.78 Å². The van der Waals surface area contributed by atoms with Crippen LogP contribution in [0.4, 0.5) is 22.0 Å². The number of aromatic hydroxyl groups is 1. The van der Waals surface area contributed by atoms with Crippen LogP contribution in [0.5, 0.6) is 17.2 Å². The molecule has 33 heavy (non-hydrogen) atoms. The molecule has 2 N–H and O–H groups in total. The van der Waals surface area contributed by atoms with E-state index in [0.29, 0.717) is 23.4 Å². The summed E-state index contributed by atoms with van der Waals surface area (Å²) in [7, 11) is 0. The zero-order valence-electron chi connectivity index (χ0n) is 16.6. The largest absolute Gasteiger partial charge is 0.573 e. The number of benzene rings is 2. The second kappa shape index (κ2) is 8.23. The predicted molar refractivity (Wildman–Crippen MR) is 104 cm³/mol. The molecule has 0 unspecified atom stereocenters. The second-order valence-corrected chi connectivity index (χ2v) is 7.17. The van der Waals surface area contributed by atoms with E-state index in [9.17, 15) is 31.9 Å². The number of hydrogen-bond donors (Lipinski definition) is 2. The van der Waals surface area contributed by atoms with Crippen molar-refractivity contribution in [3.05, 3.63) is 83.2 Å². The van der Waals surface area contributed by atoms with Crippen molar-refractivity contribution in [2.24, 2.45) is 0 Å². The number of phenolic OH excluding ortho intramolecular Hbond substituents is 1. The lowest BCUT2D eigenvalue weighted by molar-refractivity contribution is -0.274. The first-order valence-electron chi connectivity index (χ1n) is 9.54. The quantitative estimate of drug-likeness (QED) is 0.557. The van der Waals surface area contributed by atoms with Crippen molar-refractivity contribution in [1.29, 1.82) is 0 Å². The Labute approximate surface area is 183 Å². The highest BCUT2D eigenvalue weighted by atomic mass is 19.4. The summed E-state index contributed by atoms with van der Waals surface area (Å²) in [6, 6.07) is 9.33. The summed E-state index contributed by atoms with van der Waals surface area (Å²) < 4.78 is 74.7. The zero-order valence-corrected chi connectivity index (χ0v) is 16.6. The predicted octanol–water partition coefficient (Wildman–Crippen LogP) is 4.42. The van der Waals surface area contributed by atoms with Gasteiger partial charge in [-0.05, 0) is 42.0 Å².